The normalized spacial score (nSPS) is 14.6. The number of hydrogen-bond acceptors (Lipinski definition) is 4. The van der Waals surface area contributed by atoms with E-state index in [4.69, 9.17) is 14.4 Å². The summed E-state index contributed by atoms with van der Waals surface area (Å²) in [6.07, 6.45) is -0.445. The highest BCUT2D eigenvalue weighted by molar-refractivity contribution is 6.16. The Balaban J connectivity index is 1.23. The molecule has 5 nitrogen and oxygen atoms in total. The van der Waals surface area contributed by atoms with Gasteiger partial charge in [0.05, 0.1) is 22.1 Å². The lowest BCUT2D eigenvalue weighted by molar-refractivity contribution is 0.661. The van der Waals surface area contributed by atoms with Crippen molar-refractivity contribution in [2.24, 2.45) is 9.98 Å². The molecule has 10 rings (SSSR count). The van der Waals surface area contributed by atoms with Gasteiger partial charge < -0.3 is 14.3 Å². The zero-order valence-corrected chi connectivity index (χ0v) is 27.0. The molecule has 236 valence electrons. The Morgan fingerprint density at radius 3 is 1.74 bits per heavy atom. The van der Waals surface area contributed by atoms with Crippen LogP contribution in [0.1, 0.15) is 22.9 Å². The number of para-hydroxylation sites is 3. The highest BCUT2D eigenvalue weighted by Gasteiger charge is 2.28. The summed E-state index contributed by atoms with van der Waals surface area (Å²) in [7, 11) is 0. The standard InChI is InChI=1S/C45H30N4O/c1-3-13-29(14-4-1)30-23-25-32(26-24-30)44-46-43(31-15-5-2-6-16-31)47-45(48-44)36-27-28-40-41(35-19-9-12-22-39(35)50-40)42(36)49-37-20-10-7-17-33(37)34-18-8-11-21-38(34)49/h1-28,45H,(H,46,47,48). The number of nitrogens with zero attached hydrogens (tertiary/aromatic N) is 3. The number of hydrogen-bond donors (Lipinski definition) is 1. The molecule has 0 radical (unpaired) electrons. The lowest BCUT2D eigenvalue weighted by Gasteiger charge is -2.26. The molecule has 0 spiro atoms. The number of amidine groups is 2. The monoisotopic (exact) mass is 642 g/mol. The number of nitrogens with one attached hydrogen (secondary N) is 1. The lowest BCUT2D eigenvalue weighted by Crippen LogP contribution is -2.34. The van der Waals surface area contributed by atoms with Gasteiger partial charge in [-0.1, -0.05) is 140 Å². The molecule has 0 bridgehead atoms. The Morgan fingerprint density at radius 2 is 1.04 bits per heavy atom. The second-order valence-electron chi connectivity index (χ2n) is 12.6. The first-order chi connectivity index (χ1) is 24.8. The second-order valence-corrected chi connectivity index (χ2v) is 12.6. The van der Waals surface area contributed by atoms with Crippen LogP contribution in [0.5, 0.6) is 0 Å². The topological polar surface area (TPSA) is 54.8 Å². The summed E-state index contributed by atoms with van der Waals surface area (Å²) in [5.41, 5.74) is 10.3. The zero-order chi connectivity index (χ0) is 33.0. The van der Waals surface area contributed by atoms with Crippen molar-refractivity contribution in [3.8, 4) is 16.8 Å². The van der Waals surface area contributed by atoms with Crippen molar-refractivity contribution in [1.29, 1.82) is 0 Å². The van der Waals surface area contributed by atoms with Gasteiger partial charge in [0.25, 0.3) is 0 Å². The number of furan rings is 1. The molecule has 9 aromatic rings. The second kappa shape index (κ2) is 11.5. The summed E-state index contributed by atoms with van der Waals surface area (Å²) in [5.74, 6) is 1.45. The first-order valence-electron chi connectivity index (χ1n) is 16.9. The molecule has 50 heavy (non-hydrogen) atoms. The van der Waals surface area contributed by atoms with Gasteiger partial charge in [-0.25, -0.2) is 9.98 Å². The molecule has 0 fully saturated rings. The SMILES string of the molecule is c1ccc(C2=NC(c3ccc(-c4ccccc4)cc3)=NC(c3ccc4oc5ccccc5c4c3-n3c4ccccc4c4ccccc43)N2)cc1. The highest BCUT2D eigenvalue weighted by atomic mass is 16.3. The Labute approximate surface area is 288 Å². The van der Waals surface area contributed by atoms with Crippen LogP contribution in [-0.2, 0) is 0 Å². The van der Waals surface area contributed by atoms with E-state index in [1.807, 2.05) is 36.4 Å². The fraction of sp³-hybridized carbons (Fsp3) is 0.0222. The molecule has 1 aliphatic heterocycles. The first-order valence-corrected chi connectivity index (χ1v) is 16.9. The lowest BCUT2D eigenvalue weighted by atomic mass is 10.0. The number of aromatic nitrogens is 1. The van der Waals surface area contributed by atoms with Crippen LogP contribution in [0.3, 0.4) is 0 Å². The summed E-state index contributed by atoms with van der Waals surface area (Å²) >= 11 is 0. The Morgan fingerprint density at radius 1 is 0.480 bits per heavy atom. The average molecular weight is 643 g/mol. The molecule has 0 saturated carbocycles. The maximum Gasteiger partial charge on any atom is 0.159 e. The third-order valence-electron chi connectivity index (χ3n) is 9.69. The Hall–Kier alpha value is -6.72. The van der Waals surface area contributed by atoms with Crippen molar-refractivity contribution in [2.45, 2.75) is 6.17 Å². The first kappa shape index (κ1) is 28.3. The van der Waals surface area contributed by atoms with Crippen LogP contribution < -0.4 is 5.32 Å². The largest absolute Gasteiger partial charge is 0.456 e. The number of benzene rings is 7. The Kier molecular flexibility index (Phi) is 6.49. The molecule has 1 aliphatic rings. The fourth-order valence-electron chi connectivity index (χ4n) is 7.36. The van der Waals surface area contributed by atoms with E-state index in [0.717, 1.165) is 66.7 Å². The van der Waals surface area contributed by atoms with Gasteiger partial charge in [0.1, 0.15) is 23.2 Å². The molecule has 3 heterocycles. The molecule has 5 heteroatoms. The molecule has 2 aromatic heterocycles. The molecule has 0 aliphatic carbocycles. The van der Waals surface area contributed by atoms with E-state index >= 15 is 0 Å². The summed E-state index contributed by atoms with van der Waals surface area (Å²) in [5, 5.41) is 8.26. The van der Waals surface area contributed by atoms with E-state index < -0.39 is 6.17 Å². The minimum Gasteiger partial charge on any atom is -0.456 e. The van der Waals surface area contributed by atoms with E-state index in [1.54, 1.807) is 0 Å². The zero-order valence-electron chi connectivity index (χ0n) is 27.0. The van der Waals surface area contributed by atoms with Gasteiger partial charge in [-0.15, -0.1) is 0 Å². The van der Waals surface area contributed by atoms with E-state index in [0.29, 0.717) is 5.84 Å². The van der Waals surface area contributed by atoms with E-state index in [1.165, 1.54) is 16.3 Å². The predicted molar refractivity (Wildman–Crippen MR) is 205 cm³/mol. The predicted octanol–water partition coefficient (Wildman–Crippen LogP) is 10.8. The van der Waals surface area contributed by atoms with Gasteiger partial charge in [-0.05, 0) is 41.5 Å². The summed E-state index contributed by atoms with van der Waals surface area (Å²) < 4.78 is 8.89. The van der Waals surface area contributed by atoms with Gasteiger partial charge >= 0.3 is 0 Å². The summed E-state index contributed by atoms with van der Waals surface area (Å²) in [6, 6.07) is 59.1. The average Bonchev–Trinajstić information content (AvgIpc) is 3.74. The van der Waals surface area contributed by atoms with Crippen LogP contribution in [0.4, 0.5) is 0 Å². The van der Waals surface area contributed by atoms with Gasteiger partial charge in [0.15, 0.2) is 5.84 Å². The number of aliphatic imine (C=N–C) groups is 2. The van der Waals surface area contributed by atoms with E-state index in [9.17, 15) is 0 Å². The molecule has 0 saturated heterocycles. The molecule has 1 atom stereocenters. The number of rotatable bonds is 5. The van der Waals surface area contributed by atoms with Crippen molar-refractivity contribution in [3.63, 3.8) is 0 Å². The van der Waals surface area contributed by atoms with E-state index in [2.05, 4.69) is 143 Å². The minimum atomic E-state index is -0.445. The minimum absolute atomic E-state index is 0.445. The molecular formula is C45H30N4O. The highest BCUT2D eigenvalue weighted by Crippen LogP contribution is 2.42. The summed E-state index contributed by atoms with van der Waals surface area (Å²) in [6.45, 7) is 0. The summed E-state index contributed by atoms with van der Waals surface area (Å²) in [4.78, 5) is 10.5. The van der Waals surface area contributed by atoms with Gasteiger partial charge in [-0.3, -0.25) is 0 Å². The van der Waals surface area contributed by atoms with Crippen LogP contribution in [-0.4, -0.2) is 16.2 Å². The van der Waals surface area contributed by atoms with Crippen LogP contribution in [0.15, 0.2) is 184 Å². The molecule has 1 N–H and O–H groups in total. The number of fused-ring (bicyclic) bond motifs is 6. The van der Waals surface area contributed by atoms with Crippen molar-refractivity contribution in [2.75, 3.05) is 0 Å². The fourth-order valence-corrected chi connectivity index (χ4v) is 7.36. The maximum atomic E-state index is 6.49. The van der Waals surface area contributed by atoms with Gasteiger partial charge in [0.2, 0.25) is 0 Å². The molecule has 1 unspecified atom stereocenters. The van der Waals surface area contributed by atoms with Crippen molar-refractivity contribution in [1.82, 2.24) is 9.88 Å². The van der Waals surface area contributed by atoms with Gasteiger partial charge in [-0.2, -0.15) is 0 Å². The van der Waals surface area contributed by atoms with Crippen LogP contribution in [0, 0.1) is 0 Å². The maximum absolute atomic E-state index is 6.49. The quantitative estimate of drug-likeness (QED) is 0.203. The third kappa shape index (κ3) is 4.55. The van der Waals surface area contributed by atoms with Crippen molar-refractivity contribution < 1.29 is 4.42 Å². The smallest absolute Gasteiger partial charge is 0.159 e. The third-order valence-corrected chi connectivity index (χ3v) is 9.69. The Bertz CT molecular complexity index is 2720. The van der Waals surface area contributed by atoms with Crippen LogP contribution >= 0.6 is 0 Å². The molecule has 0 amide bonds. The van der Waals surface area contributed by atoms with Crippen molar-refractivity contribution in [3.05, 3.63) is 187 Å². The van der Waals surface area contributed by atoms with E-state index in [-0.39, 0.29) is 0 Å². The van der Waals surface area contributed by atoms with Crippen LogP contribution in [0.25, 0.3) is 60.6 Å². The van der Waals surface area contributed by atoms with Crippen molar-refractivity contribution >= 4 is 55.4 Å². The van der Waals surface area contributed by atoms with Gasteiger partial charge in [0, 0.05) is 32.8 Å². The molecular weight excluding hydrogens is 613 g/mol. The van der Waals surface area contributed by atoms with Crippen LogP contribution in [0.2, 0.25) is 0 Å². The molecule has 7 aromatic carbocycles.